The van der Waals surface area contributed by atoms with Crippen molar-refractivity contribution in [3.63, 3.8) is 0 Å². The number of rotatable bonds is 5. The number of hydrogen-bond acceptors (Lipinski definition) is 7. The van der Waals surface area contributed by atoms with Crippen molar-refractivity contribution in [1.29, 1.82) is 0 Å². The molecule has 3 aromatic rings. The second-order valence-electron chi connectivity index (χ2n) is 9.36. The van der Waals surface area contributed by atoms with Crippen molar-refractivity contribution >= 4 is 11.6 Å². The highest BCUT2D eigenvalue weighted by Crippen LogP contribution is 2.51. The average Bonchev–Trinajstić information content (AvgIpc) is 3.22. The number of ether oxygens (including phenoxy) is 1. The topological polar surface area (TPSA) is 89.3 Å². The second kappa shape index (κ2) is 9.59. The third kappa shape index (κ3) is 4.78. The summed E-state index contributed by atoms with van der Waals surface area (Å²) in [7, 11) is 1.65. The summed E-state index contributed by atoms with van der Waals surface area (Å²) >= 11 is 0. The third-order valence-electron chi connectivity index (χ3n) is 6.31. The maximum Gasteiger partial charge on any atom is 0.223 e. The van der Waals surface area contributed by atoms with Gasteiger partial charge in [0.2, 0.25) is 5.95 Å². The Hall–Kier alpha value is -2.81. The number of nitrogens with zero attached hydrogens (tertiary/aromatic N) is 5. The predicted molar refractivity (Wildman–Crippen MR) is 127 cm³/mol. The fourth-order valence-electron chi connectivity index (χ4n) is 4.76. The summed E-state index contributed by atoms with van der Waals surface area (Å²) in [5.41, 5.74) is 2.47. The first kappa shape index (κ1) is 23.4. The highest BCUT2D eigenvalue weighted by molar-refractivity contribution is 5.62. The molecule has 0 radical (unpaired) electrons. The van der Waals surface area contributed by atoms with Gasteiger partial charge in [0, 0.05) is 24.6 Å². The molecule has 33 heavy (non-hydrogen) atoms. The molecule has 1 aliphatic carbocycles. The number of nitrogens with one attached hydrogen (secondary N) is 2. The van der Waals surface area contributed by atoms with Crippen LogP contribution in [0.2, 0.25) is 0 Å². The molecule has 1 saturated heterocycles. The molecule has 2 aliphatic rings. The van der Waals surface area contributed by atoms with E-state index < -0.39 is 5.82 Å². The van der Waals surface area contributed by atoms with Crippen LogP contribution in [0.25, 0.3) is 17.0 Å². The van der Waals surface area contributed by atoms with Gasteiger partial charge in [-0.15, -0.1) is 0 Å². The standard InChI is InChI=1S/C22H28FN7O.C2H6/c1-22(2)8-13(9-22)19-17(31-3)7-18-25-12-16(30(18)29-19)20-15(23)11-26-21(28-20)27-14-5-4-6-24-10-14;1-2/h7,11-14,24H,4-6,8-10H2,1-3H3,(H,26,27,28);1-2H3. The van der Waals surface area contributed by atoms with Crippen molar-refractivity contribution in [2.24, 2.45) is 5.41 Å². The molecule has 2 N–H and O–H groups in total. The maximum atomic E-state index is 14.8. The zero-order chi connectivity index (χ0) is 23.6. The van der Waals surface area contributed by atoms with Crippen LogP contribution in [0.4, 0.5) is 10.3 Å². The molecule has 0 amide bonds. The average molecular weight is 456 g/mol. The Kier molecular flexibility index (Phi) is 6.78. The molecule has 178 valence electrons. The zero-order valence-electron chi connectivity index (χ0n) is 20.2. The van der Waals surface area contributed by atoms with E-state index >= 15 is 0 Å². The Balaban J connectivity index is 0.00000126. The zero-order valence-corrected chi connectivity index (χ0v) is 20.2. The van der Waals surface area contributed by atoms with E-state index in [1.807, 2.05) is 19.9 Å². The van der Waals surface area contributed by atoms with Crippen LogP contribution in [-0.2, 0) is 0 Å². The van der Waals surface area contributed by atoms with Crippen molar-refractivity contribution < 1.29 is 9.13 Å². The van der Waals surface area contributed by atoms with Gasteiger partial charge >= 0.3 is 0 Å². The summed E-state index contributed by atoms with van der Waals surface area (Å²) in [5, 5.41) is 11.5. The van der Waals surface area contributed by atoms with E-state index in [1.165, 1.54) is 6.20 Å². The summed E-state index contributed by atoms with van der Waals surface area (Å²) in [6.45, 7) is 10.4. The molecule has 1 saturated carbocycles. The number of methoxy groups -OCH3 is 1. The molecule has 3 aromatic heterocycles. The Morgan fingerprint density at radius 1 is 1.21 bits per heavy atom. The molecule has 2 fully saturated rings. The summed E-state index contributed by atoms with van der Waals surface area (Å²) in [4.78, 5) is 13.0. The van der Waals surface area contributed by atoms with Crippen LogP contribution in [0.1, 0.15) is 65.0 Å². The van der Waals surface area contributed by atoms with E-state index in [2.05, 4.69) is 39.4 Å². The third-order valence-corrected chi connectivity index (χ3v) is 6.31. The highest BCUT2D eigenvalue weighted by Gasteiger charge is 2.39. The van der Waals surface area contributed by atoms with Crippen molar-refractivity contribution in [3.05, 3.63) is 30.0 Å². The smallest absolute Gasteiger partial charge is 0.223 e. The highest BCUT2D eigenvalue weighted by atomic mass is 19.1. The molecule has 8 nitrogen and oxygen atoms in total. The maximum absolute atomic E-state index is 14.8. The lowest BCUT2D eigenvalue weighted by molar-refractivity contribution is 0.145. The van der Waals surface area contributed by atoms with E-state index in [-0.39, 0.29) is 11.7 Å². The van der Waals surface area contributed by atoms with E-state index in [9.17, 15) is 4.39 Å². The van der Waals surface area contributed by atoms with Crippen molar-refractivity contribution in [2.45, 2.75) is 65.3 Å². The van der Waals surface area contributed by atoms with Gasteiger partial charge in [-0.1, -0.05) is 27.7 Å². The van der Waals surface area contributed by atoms with Gasteiger partial charge in [-0.2, -0.15) is 5.10 Å². The number of fused-ring (bicyclic) bond motifs is 1. The van der Waals surface area contributed by atoms with Gasteiger partial charge in [0.1, 0.15) is 22.8 Å². The number of halogens is 1. The van der Waals surface area contributed by atoms with E-state index in [1.54, 1.807) is 17.8 Å². The minimum absolute atomic E-state index is 0.186. The summed E-state index contributed by atoms with van der Waals surface area (Å²) < 4.78 is 22.0. The van der Waals surface area contributed by atoms with E-state index in [0.717, 1.165) is 50.2 Å². The van der Waals surface area contributed by atoms with Gasteiger partial charge in [0.25, 0.3) is 0 Å². The SMILES string of the molecule is CC.COc1cc2ncc(-c3nc(NC4CCCNC4)ncc3F)n2nc1C1CC(C)(C)C1. The van der Waals surface area contributed by atoms with Crippen LogP contribution in [-0.4, -0.2) is 50.8 Å². The molecular weight excluding hydrogens is 421 g/mol. The lowest BCUT2D eigenvalue weighted by Gasteiger charge is -2.42. The lowest BCUT2D eigenvalue weighted by Crippen LogP contribution is -2.38. The Bertz CT molecular complexity index is 1100. The summed E-state index contributed by atoms with van der Waals surface area (Å²) in [6.07, 6.45) is 7.01. The minimum atomic E-state index is -0.502. The van der Waals surface area contributed by atoms with Crippen molar-refractivity contribution in [3.8, 4) is 17.1 Å². The number of aromatic nitrogens is 5. The number of imidazole rings is 1. The van der Waals surface area contributed by atoms with E-state index in [0.29, 0.717) is 28.6 Å². The first-order chi connectivity index (χ1) is 15.9. The molecule has 1 atom stereocenters. The van der Waals surface area contributed by atoms with Gasteiger partial charge in [-0.25, -0.2) is 23.9 Å². The monoisotopic (exact) mass is 455 g/mol. The van der Waals surface area contributed by atoms with Crippen LogP contribution >= 0.6 is 0 Å². The van der Waals surface area contributed by atoms with Crippen LogP contribution < -0.4 is 15.4 Å². The largest absolute Gasteiger partial charge is 0.495 e. The molecular formula is C24H34FN7O. The van der Waals surface area contributed by atoms with E-state index in [4.69, 9.17) is 9.84 Å². The van der Waals surface area contributed by atoms with Crippen LogP contribution in [0.3, 0.4) is 0 Å². The molecule has 1 unspecified atom stereocenters. The van der Waals surface area contributed by atoms with Crippen LogP contribution in [0.15, 0.2) is 18.5 Å². The van der Waals surface area contributed by atoms with Crippen molar-refractivity contribution in [1.82, 2.24) is 29.9 Å². The predicted octanol–water partition coefficient (Wildman–Crippen LogP) is 4.43. The number of hydrogen-bond donors (Lipinski definition) is 2. The number of anilines is 1. The van der Waals surface area contributed by atoms with Gasteiger partial charge in [0.15, 0.2) is 11.5 Å². The lowest BCUT2D eigenvalue weighted by atomic mass is 9.63. The molecule has 0 spiro atoms. The molecule has 9 heteroatoms. The number of piperidine rings is 1. The molecule has 4 heterocycles. The molecule has 0 bridgehead atoms. The molecule has 5 rings (SSSR count). The van der Waals surface area contributed by atoms with Crippen LogP contribution in [0.5, 0.6) is 5.75 Å². The Morgan fingerprint density at radius 3 is 2.67 bits per heavy atom. The van der Waals surface area contributed by atoms with Gasteiger partial charge in [-0.3, -0.25) is 0 Å². The quantitative estimate of drug-likeness (QED) is 0.588. The van der Waals surface area contributed by atoms with Gasteiger partial charge < -0.3 is 15.4 Å². The summed E-state index contributed by atoms with van der Waals surface area (Å²) in [5.74, 6) is 0.948. The van der Waals surface area contributed by atoms with Crippen molar-refractivity contribution in [2.75, 3.05) is 25.5 Å². The minimum Gasteiger partial charge on any atom is -0.495 e. The summed E-state index contributed by atoms with van der Waals surface area (Å²) in [6, 6.07) is 2.09. The van der Waals surface area contributed by atoms with Gasteiger partial charge in [0.05, 0.1) is 19.5 Å². The van der Waals surface area contributed by atoms with Gasteiger partial charge in [-0.05, 0) is 37.6 Å². The second-order valence-corrected chi connectivity index (χ2v) is 9.36. The fourth-order valence-corrected chi connectivity index (χ4v) is 4.76. The first-order valence-corrected chi connectivity index (χ1v) is 11.9. The molecule has 0 aromatic carbocycles. The van der Waals surface area contributed by atoms with Crippen LogP contribution in [0, 0.1) is 11.2 Å². The Morgan fingerprint density at radius 2 is 2.00 bits per heavy atom. The Labute approximate surface area is 194 Å². The molecule has 1 aliphatic heterocycles. The fraction of sp³-hybridized carbons (Fsp3) is 0.583. The normalized spacial score (nSPS) is 20.0. The first-order valence-electron chi connectivity index (χ1n) is 11.9.